The van der Waals surface area contributed by atoms with Crippen molar-refractivity contribution >= 4 is 11.9 Å². The van der Waals surface area contributed by atoms with Gasteiger partial charge in [0.25, 0.3) is 0 Å². The Bertz CT molecular complexity index is 264. The Labute approximate surface area is 95.6 Å². The number of carboxylic acids is 1. The van der Waals surface area contributed by atoms with E-state index in [9.17, 15) is 9.59 Å². The van der Waals surface area contributed by atoms with E-state index in [1.165, 1.54) is 0 Å². The standard InChI is InChI=1S/C11H20N2O3/c1-7(3-10(14)15)4-13-11(16)8(2)9-5-12-6-9/h7-9,12H,3-6H2,1-2H3,(H,13,16)(H,14,15). The molecule has 5 nitrogen and oxygen atoms in total. The highest BCUT2D eigenvalue weighted by atomic mass is 16.4. The van der Waals surface area contributed by atoms with E-state index in [0.29, 0.717) is 12.5 Å². The maximum Gasteiger partial charge on any atom is 0.303 e. The van der Waals surface area contributed by atoms with Crippen LogP contribution < -0.4 is 10.6 Å². The maximum absolute atomic E-state index is 11.7. The lowest BCUT2D eigenvalue weighted by molar-refractivity contribution is -0.138. The van der Waals surface area contributed by atoms with E-state index in [0.717, 1.165) is 13.1 Å². The van der Waals surface area contributed by atoms with Crippen molar-refractivity contribution in [1.29, 1.82) is 0 Å². The van der Waals surface area contributed by atoms with Gasteiger partial charge in [-0.25, -0.2) is 0 Å². The van der Waals surface area contributed by atoms with Gasteiger partial charge in [0.1, 0.15) is 0 Å². The quantitative estimate of drug-likeness (QED) is 0.601. The Morgan fingerprint density at radius 3 is 2.50 bits per heavy atom. The van der Waals surface area contributed by atoms with Crippen LogP contribution >= 0.6 is 0 Å². The molecule has 0 spiro atoms. The zero-order chi connectivity index (χ0) is 12.1. The molecule has 1 rings (SSSR count). The number of hydrogen-bond donors (Lipinski definition) is 3. The molecule has 1 fully saturated rings. The molecule has 0 aromatic heterocycles. The number of aliphatic carboxylic acids is 1. The second-order valence-electron chi connectivity index (χ2n) is 4.66. The molecule has 0 bridgehead atoms. The van der Waals surface area contributed by atoms with Crippen molar-refractivity contribution in [2.45, 2.75) is 20.3 Å². The largest absolute Gasteiger partial charge is 0.481 e. The fourth-order valence-corrected chi connectivity index (χ4v) is 1.68. The van der Waals surface area contributed by atoms with Gasteiger partial charge in [-0.3, -0.25) is 9.59 Å². The normalized spacial score (nSPS) is 19.6. The van der Waals surface area contributed by atoms with Crippen LogP contribution in [0.2, 0.25) is 0 Å². The van der Waals surface area contributed by atoms with E-state index < -0.39 is 5.97 Å². The summed E-state index contributed by atoms with van der Waals surface area (Å²) in [6.45, 7) is 5.99. The lowest BCUT2D eigenvalue weighted by atomic mass is 9.88. The van der Waals surface area contributed by atoms with Gasteiger partial charge >= 0.3 is 5.97 Å². The Morgan fingerprint density at radius 1 is 1.44 bits per heavy atom. The van der Waals surface area contributed by atoms with Gasteiger partial charge in [0.2, 0.25) is 5.91 Å². The molecule has 92 valence electrons. The highest BCUT2D eigenvalue weighted by molar-refractivity contribution is 5.78. The lowest BCUT2D eigenvalue weighted by Gasteiger charge is -2.31. The highest BCUT2D eigenvalue weighted by Gasteiger charge is 2.28. The van der Waals surface area contributed by atoms with Crippen molar-refractivity contribution in [3.8, 4) is 0 Å². The average molecular weight is 228 g/mol. The predicted octanol–water partition coefficient (Wildman–Crippen LogP) is 0.0689. The van der Waals surface area contributed by atoms with Crippen molar-refractivity contribution in [2.75, 3.05) is 19.6 Å². The molecule has 2 atom stereocenters. The molecule has 1 heterocycles. The molecule has 0 saturated carbocycles. The van der Waals surface area contributed by atoms with Crippen molar-refractivity contribution in [1.82, 2.24) is 10.6 Å². The summed E-state index contributed by atoms with van der Waals surface area (Å²) in [6, 6.07) is 0. The first-order valence-electron chi connectivity index (χ1n) is 5.71. The van der Waals surface area contributed by atoms with Crippen molar-refractivity contribution in [3.05, 3.63) is 0 Å². The smallest absolute Gasteiger partial charge is 0.303 e. The number of amides is 1. The van der Waals surface area contributed by atoms with Gasteiger partial charge in [-0.2, -0.15) is 0 Å². The summed E-state index contributed by atoms with van der Waals surface area (Å²) in [5, 5.41) is 14.5. The van der Waals surface area contributed by atoms with E-state index in [-0.39, 0.29) is 24.2 Å². The maximum atomic E-state index is 11.7. The Balaban J connectivity index is 2.20. The second-order valence-corrected chi connectivity index (χ2v) is 4.66. The molecule has 5 heteroatoms. The summed E-state index contributed by atoms with van der Waals surface area (Å²) in [4.78, 5) is 22.1. The first kappa shape index (κ1) is 13.0. The number of nitrogens with one attached hydrogen (secondary N) is 2. The summed E-state index contributed by atoms with van der Waals surface area (Å²) < 4.78 is 0. The van der Waals surface area contributed by atoms with Gasteiger partial charge in [-0.15, -0.1) is 0 Å². The summed E-state index contributed by atoms with van der Waals surface area (Å²) >= 11 is 0. The number of carboxylic acid groups (broad SMARTS) is 1. The van der Waals surface area contributed by atoms with Crippen LogP contribution in [0.3, 0.4) is 0 Å². The monoisotopic (exact) mass is 228 g/mol. The van der Waals surface area contributed by atoms with E-state index in [1.54, 1.807) is 0 Å². The number of rotatable bonds is 6. The van der Waals surface area contributed by atoms with E-state index >= 15 is 0 Å². The van der Waals surface area contributed by atoms with Crippen molar-refractivity contribution in [3.63, 3.8) is 0 Å². The third-order valence-electron chi connectivity index (χ3n) is 3.08. The van der Waals surface area contributed by atoms with E-state index in [1.807, 2.05) is 13.8 Å². The van der Waals surface area contributed by atoms with Crippen LogP contribution in [-0.4, -0.2) is 36.6 Å². The molecule has 16 heavy (non-hydrogen) atoms. The third kappa shape index (κ3) is 3.81. The van der Waals surface area contributed by atoms with Crippen LogP contribution in [-0.2, 0) is 9.59 Å². The van der Waals surface area contributed by atoms with Crippen LogP contribution in [0, 0.1) is 17.8 Å². The summed E-state index contributed by atoms with van der Waals surface area (Å²) in [7, 11) is 0. The van der Waals surface area contributed by atoms with Crippen LogP contribution in [0.5, 0.6) is 0 Å². The average Bonchev–Trinajstić information content (AvgIpc) is 2.10. The first-order valence-corrected chi connectivity index (χ1v) is 5.71. The topological polar surface area (TPSA) is 78.4 Å². The molecule has 1 aliphatic rings. The van der Waals surface area contributed by atoms with Gasteiger partial charge in [0.05, 0.1) is 0 Å². The Hall–Kier alpha value is -1.10. The SMILES string of the molecule is CC(CNC(=O)C(C)C1CNC1)CC(=O)O. The second kappa shape index (κ2) is 5.84. The first-order chi connectivity index (χ1) is 7.50. The Morgan fingerprint density at radius 2 is 2.06 bits per heavy atom. The predicted molar refractivity (Wildman–Crippen MR) is 60.0 cm³/mol. The van der Waals surface area contributed by atoms with Gasteiger partial charge in [0, 0.05) is 18.9 Å². The van der Waals surface area contributed by atoms with Crippen LogP contribution in [0.1, 0.15) is 20.3 Å². The Kier molecular flexibility index (Phi) is 4.73. The minimum absolute atomic E-state index is 0.0123. The summed E-state index contributed by atoms with van der Waals surface area (Å²) in [6.07, 6.45) is 0.0969. The van der Waals surface area contributed by atoms with Gasteiger partial charge in [-0.05, 0) is 24.9 Å². The number of carbonyl (C=O) groups excluding carboxylic acids is 1. The molecule has 2 unspecified atom stereocenters. The van der Waals surface area contributed by atoms with Crippen molar-refractivity contribution < 1.29 is 14.7 Å². The number of carbonyl (C=O) groups is 2. The van der Waals surface area contributed by atoms with Gasteiger partial charge < -0.3 is 15.7 Å². The fourth-order valence-electron chi connectivity index (χ4n) is 1.68. The zero-order valence-electron chi connectivity index (χ0n) is 9.82. The molecule has 1 aliphatic heterocycles. The van der Waals surface area contributed by atoms with Crippen LogP contribution in [0.4, 0.5) is 0 Å². The van der Waals surface area contributed by atoms with E-state index in [2.05, 4.69) is 10.6 Å². The van der Waals surface area contributed by atoms with E-state index in [4.69, 9.17) is 5.11 Å². The molecule has 0 radical (unpaired) electrons. The van der Waals surface area contributed by atoms with Gasteiger partial charge in [0.15, 0.2) is 0 Å². The summed E-state index contributed by atoms with van der Waals surface area (Å²) in [5.74, 6) is -0.372. The zero-order valence-corrected chi connectivity index (χ0v) is 9.82. The third-order valence-corrected chi connectivity index (χ3v) is 3.08. The molecular formula is C11H20N2O3. The molecule has 1 saturated heterocycles. The lowest BCUT2D eigenvalue weighted by Crippen LogP contribution is -2.50. The molecule has 0 aromatic rings. The molecule has 1 amide bonds. The number of hydrogen-bond acceptors (Lipinski definition) is 3. The van der Waals surface area contributed by atoms with Crippen LogP contribution in [0.25, 0.3) is 0 Å². The molecule has 0 aliphatic carbocycles. The van der Waals surface area contributed by atoms with Crippen molar-refractivity contribution in [2.24, 2.45) is 17.8 Å². The highest BCUT2D eigenvalue weighted by Crippen LogP contribution is 2.15. The molecule has 0 aromatic carbocycles. The minimum atomic E-state index is -0.821. The summed E-state index contributed by atoms with van der Waals surface area (Å²) in [5.41, 5.74) is 0. The van der Waals surface area contributed by atoms with Gasteiger partial charge in [-0.1, -0.05) is 13.8 Å². The minimum Gasteiger partial charge on any atom is -0.481 e. The molecular weight excluding hydrogens is 208 g/mol. The molecule has 3 N–H and O–H groups in total. The fraction of sp³-hybridized carbons (Fsp3) is 0.818. The van der Waals surface area contributed by atoms with Crippen LogP contribution in [0.15, 0.2) is 0 Å².